The van der Waals surface area contributed by atoms with Gasteiger partial charge in [0.05, 0.1) is 18.0 Å². The quantitative estimate of drug-likeness (QED) is 0.635. The number of halogens is 1. The molecular formula is C10H8FN3O3S. The molecule has 0 saturated carbocycles. The maximum atomic E-state index is 12.9. The van der Waals surface area contributed by atoms with E-state index in [-0.39, 0.29) is 28.4 Å². The molecule has 0 aliphatic carbocycles. The number of carboxylic acids is 1. The van der Waals surface area contributed by atoms with Crippen LogP contribution in [0, 0.1) is 5.82 Å². The summed E-state index contributed by atoms with van der Waals surface area (Å²) in [5, 5.41) is 8.83. The second-order valence-electron chi connectivity index (χ2n) is 3.39. The number of nitrogens with zero attached hydrogens (tertiary/aromatic N) is 2. The highest BCUT2D eigenvalue weighted by Gasteiger charge is 2.07. The van der Waals surface area contributed by atoms with Crippen LogP contribution >= 0.6 is 11.8 Å². The number of rotatable bonds is 4. The number of hydrogen-bond acceptors (Lipinski definition) is 5. The van der Waals surface area contributed by atoms with Gasteiger partial charge in [-0.3, -0.25) is 9.59 Å². The summed E-state index contributed by atoms with van der Waals surface area (Å²) in [4.78, 5) is 32.1. The predicted molar refractivity (Wildman–Crippen MR) is 63.1 cm³/mol. The van der Waals surface area contributed by atoms with E-state index in [0.29, 0.717) is 0 Å². The van der Waals surface area contributed by atoms with Crippen LogP contribution in [0.3, 0.4) is 0 Å². The van der Waals surface area contributed by atoms with Gasteiger partial charge in [0.2, 0.25) is 0 Å². The van der Waals surface area contributed by atoms with Crippen LogP contribution in [0.4, 0.5) is 4.39 Å². The first-order valence-electron chi connectivity index (χ1n) is 4.96. The second kappa shape index (κ2) is 5.13. The topological polar surface area (TPSA) is 95.9 Å². The number of aromatic nitrogens is 3. The van der Waals surface area contributed by atoms with E-state index in [1.807, 2.05) is 0 Å². The molecule has 0 aliphatic heterocycles. The summed E-state index contributed by atoms with van der Waals surface area (Å²) < 4.78 is 12.9. The molecule has 94 valence electrons. The number of fused-ring (bicyclic) bond motifs is 1. The van der Waals surface area contributed by atoms with Gasteiger partial charge in [0, 0.05) is 5.75 Å². The minimum absolute atomic E-state index is 0.0384. The van der Waals surface area contributed by atoms with Gasteiger partial charge in [-0.2, -0.15) is 0 Å². The van der Waals surface area contributed by atoms with Crippen LogP contribution in [0.5, 0.6) is 0 Å². The Kier molecular flexibility index (Phi) is 3.56. The summed E-state index contributed by atoms with van der Waals surface area (Å²) in [7, 11) is 0. The van der Waals surface area contributed by atoms with Crippen LogP contribution in [0.15, 0.2) is 22.2 Å². The van der Waals surface area contributed by atoms with E-state index < -0.39 is 17.3 Å². The van der Waals surface area contributed by atoms with E-state index in [4.69, 9.17) is 5.11 Å². The van der Waals surface area contributed by atoms with Crippen molar-refractivity contribution in [2.24, 2.45) is 0 Å². The maximum absolute atomic E-state index is 12.9. The van der Waals surface area contributed by atoms with Crippen LogP contribution in [-0.2, 0) is 4.79 Å². The maximum Gasteiger partial charge on any atom is 0.304 e. The number of thioether (sulfide) groups is 1. The highest BCUT2D eigenvalue weighted by atomic mass is 32.2. The number of pyridine rings is 1. The third-order valence-electron chi connectivity index (χ3n) is 2.06. The summed E-state index contributed by atoms with van der Waals surface area (Å²) >= 11 is 1.10. The van der Waals surface area contributed by atoms with Gasteiger partial charge < -0.3 is 10.1 Å². The summed E-state index contributed by atoms with van der Waals surface area (Å²) in [5.74, 6) is -1.25. The average Bonchev–Trinajstić information content (AvgIpc) is 2.30. The van der Waals surface area contributed by atoms with Crippen molar-refractivity contribution in [3.63, 3.8) is 0 Å². The van der Waals surface area contributed by atoms with E-state index in [2.05, 4.69) is 15.0 Å². The standard InChI is InChI=1S/C10H8FN3O3S/c11-5-3-6-8(12-4-5)13-10(14-9(6)17)18-2-1-7(15)16/h3-4H,1-2H2,(H,15,16)(H,12,13,14,17). The summed E-state index contributed by atoms with van der Waals surface area (Å²) in [6, 6.07) is 1.06. The van der Waals surface area contributed by atoms with E-state index in [0.717, 1.165) is 24.0 Å². The molecule has 18 heavy (non-hydrogen) atoms. The fourth-order valence-corrected chi connectivity index (χ4v) is 2.07. The van der Waals surface area contributed by atoms with Crippen molar-refractivity contribution >= 4 is 28.8 Å². The van der Waals surface area contributed by atoms with E-state index in [1.165, 1.54) is 0 Å². The minimum atomic E-state index is -0.925. The molecule has 0 unspecified atom stereocenters. The van der Waals surface area contributed by atoms with Gasteiger partial charge in [-0.1, -0.05) is 11.8 Å². The Morgan fingerprint density at radius 1 is 1.56 bits per heavy atom. The first-order chi connectivity index (χ1) is 8.56. The Balaban J connectivity index is 2.29. The normalized spacial score (nSPS) is 10.7. The molecule has 0 saturated heterocycles. The van der Waals surface area contributed by atoms with Crippen molar-refractivity contribution in [1.29, 1.82) is 0 Å². The zero-order chi connectivity index (χ0) is 13.1. The van der Waals surface area contributed by atoms with Crippen LogP contribution in [0.1, 0.15) is 6.42 Å². The molecule has 2 N–H and O–H groups in total. The average molecular weight is 269 g/mol. The number of carbonyl (C=O) groups is 1. The molecule has 0 radical (unpaired) electrons. The lowest BCUT2D eigenvalue weighted by Gasteiger charge is -2.01. The number of aromatic amines is 1. The smallest absolute Gasteiger partial charge is 0.304 e. The highest BCUT2D eigenvalue weighted by molar-refractivity contribution is 7.99. The monoisotopic (exact) mass is 269 g/mol. The van der Waals surface area contributed by atoms with Crippen LogP contribution < -0.4 is 5.56 Å². The summed E-state index contributed by atoms with van der Waals surface area (Å²) in [6.45, 7) is 0. The largest absolute Gasteiger partial charge is 0.481 e. The van der Waals surface area contributed by atoms with Crippen LogP contribution in [-0.4, -0.2) is 31.8 Å². The molecule has 0 fully saturated rings. The lowest BCUT2D eigenvalue weighted by molar-refractivity contribution is -0.136. The number of H-pyrrole nitrogens is 1. The van der Waals surface area contributed by atoms with Crippen molar-refractivity contribution in [1.82, 2.24) is 15.0 Å². The van der Waals surface area contributed by atoms with Gasteiger partial charge in [-0.15, -0.1) is 0 Å². The molecule has 0 amide bonds. The van der Waals surface area contributed by atoms with Crippen molar-refractivity contribution in [2.45, 2.75) is 11.6 Å². The molecule has 6 nitrogen and oxygen atoms in total. The molecule has 2 aromatic rings. The van der Waals surface area contributed by atoms with Crippen molar-refractivity contribution in [2.75, 3.05) is 5.75 Å². The zero-order valence-corrected chi connectivity index (χ0v) is 9.83. The Morgan fingerprint density at radius 2 is 2.33 bits per heavy atom. The Hall–Kier alpha value is -1.96. The van der Waals surface area contributed by atoms with Crippen molar-refractivity contribution in [3.8, 4) is 0 Å². The van der Waals surface area contributed by atoms with Crippen molar-refractivity contribution < 1.29 is 14.3 Å². The van der Waals surface area contributed by atoms with Crippen LogP contribution in [0.2, 0.25) is 0 Å². The van der Waals surface area contributed by atoms with Gasteiger partial charge in [-0.05, 0) is 6.07 Å². The Labute approximate surface area is 104 Å². The fourth-order valence-electron chi connectivity index (χ4n) is 1.28. The molecule has 0 aliphatic rings. The Bertz CT molecular complexity index is 658. The van der Waals surface area contributed by atoms with Crippen LogP contribution in [0.25, 0.3) is 11.0 Å². The van der Waals surface area contributed by atoms with Gasteiger partial charge in [0.25, 0.3) is 5.56 Å². The van der Waals surface area contributed by atoms with Gasteiger partial charge >= 0.3 is 5.97 Å². The predicted octanol–water partition coefficient (Wildman–Crippen LogP) is 1.02. The first kappa shape index (κ1) is 12.5. The molecule has 0 aromatic carbocycles. The summed E-state index contributed by atoms with van der Waals surface area (Å²) in [5.41, 5.74) is -0.359. The molecule has 2 aromatic heterocycles. The summed E-state index contributed by atoms with van der Waals surface area (Å²) in [6.07, 6.45) is 0.934. The lowest BCUT2D eigenvalue weighted by atomic mass is 10.3. The van der Waals surface area contributed by atoms with Gasteiger partial charge in [-0.25, -0.2) is 14.4 Å². The van der Waals surface area contributed by atoms with Crippen molar-refractivity contribution in [3.05, 3.63) is 28.4 Å². The minimum Gasteiger partial charge on any atom is -0.481 e. The molecule has 8 heteroatoms. The zero-order valence-electron chi connectivity index (χ0n) is 9.01. The van der Waals surface area contributed by atoms with E-state index >= 15 is 0 Å². The van der Waals surface area contributed by atoms with Gasteiger partial charge in [0.15, 0.2) is 10.8 Å². The second-order valence-corrected chi connectivity index (χ2v) is 4.47. The molecule has 0 bridgehead atoms. The third-order valence-corrected chi connectivity index (χ3v) is 2.94. The van der Waals surface area contributed by atoms with E-state index in [1.54, 1.807) is 0 Å². The Morgan fingerprint density at radius 3 is 3.06 bits per heavy atom. The number of carboxylic acid groups (broad SMARTS) is 1. The molecule has 0 spiro atoms. The number of aliphatic carboxylic acids is 1. The highest BCUT2D eigenvalue weighted by Crippen LogP contribution is 2.14. The third kappa shape index (κ3) is 2.83. The number of hydrogen-bond donors (Lipinski definition) is 2. The molecular weight excluding hydrogens is 261 g/mol. The number of nitrogens with one attached hydrogen (secondary N) is 1. The fraction of sp³-hybridized carbons (Fsp3) is 0.200. The molecule has 0 atom stereocenters. The lowest BCUT2D eigenvalue weighted by Crippen LogP contribution is -2.10. The van der Waals surface area contributed by atoms with E-state index in [9.17, 15) is 14.0 Å². The first-order valence-corrected chi connectivity index (χ1v) is 5.95. The molecule has 2 heterocycles. The van der Waals surface area contributed by atoms with Gasteiger partial charge in [0.1, 0.15) is 5.82 Å². The SMILES string of the molecule is O=C(O)CCSc1nc2ncc(F)cc2c(=O)[nH]1. The molecule has 2 rings (SSSR count).